The first-order valence-electron chi connectivity index (χ1n) is 10.5. The summed E-state index contributed by atoms with van der Waals surface area (Å²) in [5.74, 6) is 0.525. The van der Waals surface area contributed by atoms with Gasteiger partial charge in [0.25, 0.3) is 6.01 Å². The van der Waals surface area contributed by atoms with E-state index in [0.29, 0.717) is 29.7 Å². The number of nitrogens with zero attached hydrogens (tertiary/aromatic N) is 3. The highest BCUT2D eigenvalue weighted by Gasteiger charge is 2.24. The van der Waals surface area contributed by atoms with Crippen molar-refractivity contribution in [1.29, 1.82) is 0 Å². The first kappa shape index (κ1) is 19.4. The van der Waals surface area contributed by atoms with Crippen LogP contribution in [0, 0.1) is 0 Å². The Morgan fingerprint density at radius 2 is 2.06 bits per heavy atom. The molecule has 0 radical (unpaired) electrons. The quantitative estimate of drug-likeness (QED) is 0.337. The van der Waals surface area contributed by atoms with Crippen molar-refractivity contribution in [2.45, 2.75) is 31.7 Å². The van der Waals surface area contributed by atoms with E-state index in [9.17, 15) is 4.79 Å². The standard InChI is InChI=1S/C24H24N4O3/c1-3-12-25-24-27-19-13-15(9-11-21(19)31-24)22-26-18-14-16(23(29)30-2)8-10-20(18)28(22)17-6-4-5-7-17/h3,8-11,13-14,17H,1,4-7,12H2,2H3,(H,25,27). The maximum absolute atomic E-state index is 12.0. The lowest BCUT2D eigenvalue weighted by atomic mass is 10.1. The predicted octanol–water partition coefficient (Wildman–Crippen LogP) is 5.34. The SMILES string of the molecule is C=CCNc1nc2cc(-c3nc4cc(C(=O)OC)ccc4n3C3CCCC3)ccc2o1. The summed E-state index contributed by atoms with van der Waals surface area (Å²) in [6.07, 6.45) is 6.43. The molecule has 0 bridgehead atoms. The van der Waals surface area contributed by atoms with Gasteiger partial charge in [-0.15, -0.1) is 6.58 Å². The lowest BCUT2D eigenvalue weighted by Crippen LogP contribution is -2.07. The molecule has 31 heavy (non-hydrogen) atoms. The van der Waals surface area contributed by atoms with E-state index in [1.807, 2.05) is 36.4 Å². The van der Waals surface area contributed by atoms with E-state index in [0.717, 1.165) is 40.8 Å². The number of nitrogens with one attached hydrogen (secondary N) is 1. The molecule has 0 atom stereocenters. The van der Waals surface area contributed by atoms with Gasteiger partial charge in [0.2, 0.25) is 0 Å². The predicted molar refractivity (Wildman–Crippen MR) is 120 cm³/mol. The van der Waals surface area contributed by atoms with Crippen LogP contribution in [0.5, 0.6) is 0 Å². The molecular weight excluding hydrogens is 392 g/mol. The van der Waals surface area contributed by atoms with Crippen molar-refractivity contribution < 1.29 is 13.9 Å². The van der Waals surface area contributed by atoms with E-state index < -0.39 is 0 Å². The van der Waals surface area contributed by atoms with E-state index >= 15 is 0 Å². The number of esters is 1. The fraction of sp³-hybridized carbons (Fsp3) is 0.292. The van der Waals surface area contributed by atoms with Crippen LogP contribution in [0.15, 0.2) is 53.5 Å². The molecule has 2 aromatic heterocycles. The van der Waals surface area contributed by atoms with Gasteiger partial charge in [-0.05, 0) is 49.2 Å². The molecule has 1 N–H and O–H groups in total. The van der Waals surface area contributed by atoms with Crippen LogP contribution in [-0.4, -0.2) is 34.2 Å². The van der Waals surface area contributed by atoms with Crippen molar-refractivity contribution in [2.75, 3.05) is 19.0 Å². The first-order valence-corrected chi connectivity index (χ1v) is 10.5. The number of imidazole rings is 1. The normalized spacial score (nSPS) is 14.4. The van der Waals surface area contributed by atoms with Crippen molar-refractivity contribution in [3.05, 3.63) is 54.6 Å². The average Bonchev–Trinajstić information content (AvgIpc) is 3.53. The molecule has 0 spiro atoms. The van der Waals surface area contributed by atoms with E-state index in [-0.39, 0.29) is 5.97 Å². The number of benzene rings is 2. The summed E-state index contributed by atoms with van der Waals surface area (Å²) in [5.41, 5.74) is 4.78. The minimum atomic E-state index is -0.359. The molecule has 0 amide bonds. The zero-order valence-corrected chi connectivity index (χ0v) is 17.4. The molecular formula is C24H24N4O3. The zero-order chi connectivity index (χ0) is 21.4. The Morgan fingerprint density at radius 1 is 1.23 bits per heavy atom. The number of methoxy groups -OCH3 is 1. The van der Waals surface area contributed by atoms with Gasteiger partial charge in [-0.3, -0.25) is 0 Å². The Kier molecular flexibility index (Phi) is 4.94. The lowest BCUT2D eigenvalue weighted by Gasteiger charge is -2.16. The third-order valence-corrected chi connectivity index (χ3v) is 5.84. The number of hydrogen-bond acceptors (Lipinski definition) is 6. The number of fused-ring (bicyclic) bond motifs is 2. The van der Waals surface area contributed by atoms with Gasteiger partial charge >= 0.3 is 5.97 Å². The van der Waals surface area contributed by atoms with Crippen molar-refractivity contribution in [1.82, 2.24) is 14.5 Å². The summed E-state index contributed by atoms with van der Waals surface area (Å²) in [6, 6.07) is 12.4. The highest BCUT2D eigenvalue weighted by molar-refractivity contribution is 5.94. The molecule has 1 aliphatic rings. The fourth-order valence-electron chi connectivity index (χ4n) is 4.38. The fourth-order valence-corrected chi connectivity index (χ4v) is 4.38. The van der Waals surface area contributed by atoms with Crippen LogP contribution >= 0.6 is 0 Å². The molecule has 0 saturated heterocycles. The van der Waals surface area contributed by atoms with Crippen LogP contribution in [0.2, 0.25) is 0 Å². The summed E-state index contributed by atoms with van der Waals surface area (Å²) in [6.45, 7) is 4.29. The number of anilines is 1. The molecule has 5 rings (SSSR count). The molecule has 0 unspecified atom stereocenters. The van der Waals surface area contributed by atoms with E-state index in [2.05, 4.69) is 21.4 Å². The monoisotopic (exact) mass is 416 g/mol. The van der Waals surface area contributed by atoms with E-state index in [1.165, 1.54) is 20.0 Å². The van der Waals surface area contributed by atoms with Crippen molar-refractivity contribution in [3.63, 3.8) is 0 Å². The second kappa shape index (κ2) is 7.91. The number of carbonyl (C=O) groups is 1. The highest BCUT2D eigenvalue weighted by Crippen LogP contribution is 2.37. The summed E-state index contributed by atoms with van der Waals surface area (Å²) in [5, 5.41) is 3.08. The third kappa shape index (κ3) is 3.46. The number of oxazole rings is 1. The minimum Gasteiger partial charge on any atom is -0.465 e. The maximum Gasteiger partial charge on any atom is 0.337 e. The maximum atomic E-state index is 12.0. The van der Waals surface area contributed by atoms with Crippen molar-refractivity contribution in [3.8, 4) is 11.4 Å². The molecule has 158 valence electrons. The van der Waals surface area contributed by atoms with Crippen LogP contribution in [-0.2, 0) is 4.74 Å². The molecule has 1 aliphatic carbocycles. The van der Waals surface area contributed by atoms with Gasteiger partial charge in [-0.25, -0.2) is 9.78 Å². The molecule has 2 heterocycles. The molecule has 0 aliphatic heterocycles. The van der Waals surface area contributed by atoms with Crippen molar-refractivity contribution in [2.24, 2.45) is 0 Å². The van der Waals surface area contributed by atoms with Crippen LogP contribution in [0.4, 0.5) is 6.01 Å². The first-order chi connectivity index (χ1) is 15.2. The second-order valence-electron chi connectivity index (χ2n) is 7.81. The molecule has 7 nitrogen and oxygen atoms in total. The Bertz CT molecular complexity index is 1280. The highest BCUT2D eigenvalue weighted by atomic mass is 16.5. The number of rotatable bonds is 6. The average molecular weight is 416 g/mol. The molecule has 7 heteroatoms. The zero-order valence-electron chi connectivity index (χ0n) is 17.4. The number of carbonyl (C=O) groups excluding carboxylic acids is 1. The number of aromatic nitrogens is 3. The van der Waals surface area contributed by atoms with Gasteiger partial charge in [-0.2, -0.15) is 4.98 Å². The van der Waals surface area contributed by atoms with Gasteiger partial charge in [0, 0.05) is 18.2 Å². The number of ether oxygens (including phenoxy) is 1. The summed E-state index contributed by atoms with van der Waals surface area (Å²) >= 11 is 0. The van der Waals surface area contributed by atoms with Crippen LogP contribution < -0.4 is 5.32 Å². The van der Waals surface area contributed by atoms with Gasteiger partial charge in [-0.1, -0.05) is 18.9 Å². The largest absolute Gasteiger partial charge is 0.465 e. The summed E-state index contributed by atoms with van der Waals surface area (Å²) in [4.78, 5) is 21.5. The Hall–Kier alpha value is -3.61. The third-order valence-electron chi connectivity index (χ3n) is 5.84. The Balaban J connectivity index is 1.64. The van der Waals surface area contributed by atoms with Gasteiger partial charge in [0.05, 0.1) is 23.7 Å². The topological polar surface area (TPSA) is 82.2 Å². The van der Waals surface area contributed by atoms with Gasteiger partial charge < -0.3 is 19.0 Å². The lowest BCUT2D eigenvalue weighted by molar-refractivity contribution is 0.0601. The Labute approximate surface area is 179 Å². The molecule has 1 fully saturated rings. The molecule has 1 saturated carbocycles. The van der Waals surface area contributed by atoms with Gasteiger partial charge in [0.1, 0.15) is 11.3 Å². The van der Waals surface area contributed by atoms with Crippen LogP contribution in [0.25, 0.3) is 33.5 Å². The van der Waals surface area contributed by atoms with Gasteiger partial charge in [0.15, 0.2) is 5.58 Å². The summed E-state index contributed by atoms with van der Waals surface area (Å²) < 4.78 is 13.0. The van der Waals surface area contributed by atoms with Crippen molar-refractivity contribution >= 4 is 34.1 Å². The minimum absolute atomic E-state index is 0.359. The van der Waals surface area contributed by atoms with Crippen LogP contribution in [0.3, 0.4) is 0 Å². The van der Waals surface area contributed by atoms with E-state index in [4.69, 9.17) is 14.1 Å². The van der Waals surface area contributed by atoms with Crippen LogP contribution in [0.1, 0.15) is 42.1 Å². The summed E-state index contributed by atoms with van der Waals surface area (Å²) in [7, 11) is 1.39. The second-order valence-corrected chi connectivity index (χ2v) is 7.81. The van der Waals surface area contributed by atoms with E-state index in [1.54, 1.807) is 6.08 Å². The molecule has 2 aromatic carbocycles. The molecule has 4 aromatic rings. The Morgan fingerprint density at radius 3 is 2.84 bits per heavy atom. The number of hydrogen-bond donors (Lipinski definition) is 1. The smallest absolute Gasteiger partial charge is 0.337 e.